The number of hydrogen-bond acceptors (Lipinski definition) is 3. The molecule has 0 bridgehead atoms. The van der Waals surface area contributed by atoms with Gasteiger partial charge in [0.05, 0.1) is 0 Å². The van der Waals surface area contributed by atoms with E-state index in [0.29, 0.717) is 18.8 Å². The van der Waals surface area contributed by atoms with Crippen molar-refractivity contribution in [3.63, 3.8) is 0 Å². The minimum Gasteiger partial charge on any atom is -0.227 e. The first-order valence-electron chi connectivity index (χ1n) is 4.22. The molecule has 0 saturated heterocycles. The van der Waals surface area contributed by atoms with Crippen LogP contribution in [-0.2, 0) is 10.0 Å². The first-order valence-corrected chi connectivity index (χ1v) is 6.65. The van der Waals surface area contributed by atoms with E-state index in [0.717, 1.165) is 0 Å². The molecule has 0 aliphatic carbocycles. The van der Waals surface area contributed by atoms with Crippen LogP contribution in [0.2, 0.25) is 0 Å². The normalized spacial score (nSPS) is 28.6. The maximum atomic E-state index is 11.4. The van der Waals surface area contributed by atoms with Crippen molar-refractivity contribution in [2.45, 2.75) is 30.8 Å². The second kappa shape index (κ2) is 3.63. The Kier molecular flexibility index (Phi) is 3.09. The molecule has 5 heteroatoms. The first-order chi connectivity index (χ1) is 5.87. The molecular weight excluding hydrogens is 206 g/mol. The van der Waals surface area contributed by atoms with Crippen molar-refractivity contribution in [3.8, 4) is 0 Å². The second-order valence-corrected chi connectivity index (χ2v) is 7.17. The molecule has 1 heterocycles. The highest BCUT2D eigenvalue weighted by molar-refractivity contribution is 8.15. The van der Waals surface area contributed by atoms with Gasteiger partial charge in [-0.1, -0.05) is 19.9 Å². The third-order valence-corrected chi connectivity index (χ3v) is 5.49. The smallest absolute Gasteiger partial charge is 0.224 e. The van der Waals surface area contributed by atoms with E-state index in [-0.39, 0.29) is 0 Å². The lowest BCUT2D eigenvalue weighted by Gasteiger charge is -2.27. The summed E-state index contributed by atoms with van der Waals surface area (Å²) < 4.78 is 22.0. The molecule has 0 saturated carbocycles. The van der Waals surface area contributed by atoms with Crippen molar-refractivity contribution in [2.75, 3.05) is 0 Å². The number of primary sulfonamides is 1. The molecule has 0 aromatic heterocycles. The lowest BCUT2D eigenvalue weighted by molar-refractivity contribution is 0.508. The van der Waals surface area contributed by atoms with Gasteiger partial charge in [0.15, 0.2) is 0 Å². The Morgan fingerprint density at radius 1 is 1.62 bits per heavy atom. The summed E-state index contributed by atoms with van der Waals surface area (Å²) in [5.41, 5.74) is 0. The first kappa shape index (κ1) is 11.1. The van der Waals surface area contributed by atoms with Crippen LogP contribution in [-0.4, -0.2) is 12.5 Å². The van der Waals surface area contributed by atoms with Gasteiger partial charge in [-0.05, 0) is 24.2 Å². The summed E-state index contributed by atoms with van der Waals surface area (Å²) in [4.78, 5) is 0. The molecule has 0 aromatic carbocycles. The Morgan fingerprint density at radius 3 is 2.54 bits per heavy atom. The third kappa shape index (κ3) is 2.27. The number of hydrogen-bond donors (Lipinski definition) is 1. The van der Waals surface area contributed by atoms with Gasteiger partial charge in [0.1, 0.15) is 4.08 Å². The van der Waals surface area contributed by atoms with Crippen molar-refractivity contribution in [1.29, 1.82) is 0 Å². The van der Waals surface area contributed by atoms with E-state index in [1.807, 2.05) is 25.3 Å². The number of thioether (sulfide) groups is 1. The summed E-state index contributed by atoms with van der Waals surface area (Å²) in [6, 6.07) is 0. The molecule has 3 nitrogen and oxygen atoms in total. The Hall–Kier alpha value is -0.0000000000000000555. The molecular formula is C8H15NO2S2. The van der Waals surface area contributed by atoms with Gasteiger partial charge in [0.2, 0.25) is 10.0 Å². The highest BCUT2D eigenvalue weighted by atomic mass is 32.3. The third-order valence-electron chi connectivity index (χ3n) is 2.05. The van der Waals surface area contributed by atoms with Gasteiger partial charge in [-0.25, -0.2) is 13.6 Å². The fourth-order valence-corrected chi connectivity index (χ4v) is 4.16. The monoisotopic (exact) mass is 221 g/mol. The van der Waals surface area contributed by atoms with Crippen LogP contribution in [0.5, 0.6) is 0 Å². The summed E-state index contributed by atoms with van der Waals surface area (Å²) in [5.74, 6) is 0.339. The van der Waals surface area contributed by atoms with E-state index in [1.54, 1.807) is 0 Å². The molecule has 1 unspecified atom stereocenters. The lowest BCUT2D eigenvalue weighted by atomic mass is 10.1. The molecule has 0 amide bonds. The van der Waals surface area contributed by atoms with Crippen LogP contribution in [0.4, 0.5) is 0 Å². The molecule has 1 aliphatic rings. The van der Waals surface area contributed by atoms with Crippen LogP contribution in [0, 0.1) is 5.92 Å². The Balaban J connectivity index is 2.90. The van der Waals surface area contributed by atoms with Crippen molar-refractivity contribution >= 4 is 21.8 Å². The van der Waals surface area contributed by atoms with Crippen molar-refractivity contribution in [1.82, 2.24) is 0 Å². The number of sulfonamides is 1. The summed E-state index contributed by atoms with van der Waals surface area (Å²) in [5, 5.41) is 7.06. The zero-order valence-corrected chi connectivity index (χ0v) is 9.49. The van der Waals surface area contributed by atoms with E-state index in [2.05, 4.69) is 0 Å². The van der Waals surface area contributed by atoms with Crippen LogP contribution < -0.4 is 5.14 Å². The van der Waals surface area contributed by atoms with Gasteiger partial charge in [-0.15, -0.1) is 11.8 Å². The summed E-state index contributed by atoms with van der Waals surface area (Å²) in [7, 11) is -3.46. The van der Waals surface area contributed by atoms with E-state index < -0.39 is 14.1 Å². The summed E-state index contributed by atoms with van der Waals surface area (Å²) >= 11 is 1.33. The van der Waals surface area contributed by atoms with Crippen LogP contribution in [0.3, 0.4) is 0 Å². The van der Waals surface area contributed by atoms with Crippen molar-refractivity contribution < 1.29 is 8.42 Å². The van der Waals surface area contributed by atoms with E-state index in [4.69, 9.17) is 5.14 Å². The molecule has 0 spiro atoms. The van der Waals surface area contributed by atoms with Gasteiger partial charge in [0.25, 0.3) is 0 Å². The van der Waals surface area contributed by atoms with Crippen LogP contribution in [0.25, 0.3) is 0 Å². The Labute approximate surface area is 83.8 Å². The largest absolute Gasteiger partial charge is 0.227 e. The quantitative estimate of drug-likeness (QED) is 0.788. The van der Waals surface area contributed by atoms with E-state index in [9.17, 15) is 8.42 Å². The van der Waals surface area contributed by atoms with E-state index >= 15 is 0 Å². The molecule has 1 atom stereocenters. The zero-order valence-electron chi connectivity index (χ0n) is 7.86. The Bertz CT molecular complexity index is 298. The van der Waals surface area contributed by atoms with Gasteiger partial charge in [-0.2, -0.15) is 0 Å². The van der Waals surface area contributed by atoms with Crippen LogP contribution in [0.15, 0.2) is 11.5 Å². The lowest BCUT2D eigenvalue weighted by Crippen LogP contribution is -2.39. The predicted molar refractivity (Wildman–Crippen MR) is 56.6 cm³/mol. The minimum atomic E-state index is -3.46. The van der Waals surface area contributed by atoms with Gasteiger partial charge >= 0.3 is 0 Å². The summed E-state index contributed by atoms with van der Waals surface area (Å²) in [6.07, 6.45) is 3.02. The zero-order chi connectivity index (χ0) is 10.1. The number of allylic oxidation sites excluding steroid dienone is 1. The molecule has 76 valence electrons. The SMILES string of the molecule is CC(C)CC1(S(N)(=O)=O)CC=CS1. The van der Waals surface area contributed by atoms with Crippen molar-refractivity contribution in [2.24, 2.45) is 11.1 Å². The van der Waals surface area contributed by atoms with Gasteiger partial charge in [-0.3, -0.25) is 0 Å². The average Bonchev–Trinajstić information content (AvgIpc) is 2.33. The minimum absolute atomic E-state index is 0.339. The van der Waals surface area contributed by atoms with Crippen LogP contribution in [0.1, 0.15) is 26.7 Å². The maximum Gasteiger partial charge on any atom is 0.224 e. The van der Waals surface area contributed by atoms with E-state index in [1.165, 1.54) is 11.8 Å². The fraction of sp³-hybridized carbons (Fsp3) is 0.750. The molecule has 0 aromatic rings. The molecule has 0 radical (unpaired) electrons. The Morgan fingerprint density at radius 2 is 2.23 bits per heavy atom. The molecule has 2 N–H and O–H groups in total. The molecule has 1 rings (SSSR count). The number of rotatable bonds is 3. The van der Waals surface area contributed by atoms with Crippen LogP contribution >= 0.6 is 11.8 Å². The topological polar surface area (TPSA) is 60.2 Å². The maximum absolute atomic E-state index is 11.4. The molecule has 0 fully saturated rings. The predicted octanol–water partition coefficient (Wildman–Crippen LogP) is 1.67. The summed E-state index contributed by atoms with van der Waals surface area (Å²) in [6.45, 7) is 4.01. The van der Waals surface area contributed by atoms with Gasteiger partial charge < -0.3 is 0 Å². The highest BCUT2D eigenvalue weighted by Crippen LogP contribution is 2.44. The average molecular weight is 221 g/mol. The standard InChI is InChI=1S/C8H15NO2S2/c1-7(2)6-8(13(9,10)11)4-3-5-12-8/h3,5,7H,4,6H2,1-2H3,(H2,9,10,11). The second-order valence-electron chi connectivity index (χ2n) is 3.75. The van der Waals surface area contributed by atoms with Gasteiger partial charge in [0, 0.05) is 0 Å². The number of nitrogens with two attached hydrogens (primary N) is 1. The molecule has 1 aliphatic heterocycles. The highest BCUT2D eigenvalue weighted by Gasteiger charge is 2.43. The van der Waals surface area contributed by atoms with Crippen molar-refractivity contribution in [3.05, 3.63) is 11.5 Å². The molecule has 13 heavy (non-hydrogen) atoms. The fourth-order valence-electron chi connectivity index (χ4n) is 1.50.